The van der Waals surface area contributed by atoms with Crippen LogP contribution in [-0.2, 0) is 6.54 Å². The number of rotatable bonds is 3. The SMILES string of the molecule is Cc1noc(C)c1CN1CCN(C(=O)c2cnns2)CC1. The van der Waals surface area contributed by atoms with Crippen LogP contribution in [-0.4, -0.2) is 56.6 Å². The molecule has 0 spiro atoms. The van der Waals surface area contributed by atoms with E-state index in [-0.39, 0.29) is 5.91 Å². The lowest BCUT2D eigenvalue weighted by Gasteiger charge is -2.34. The maximum atomic E-state index is 12.2. The molecule has 0 atom stereocenters. The van der Waals surface area contributed by atoms with Crippen LogP contribution in [0.25, 0.3) is 0 Å². The lowest BCUT2D eigenvalue weighted by Crippen LogP contribution is -2.48. The standard InChI is InChI=1S/C13H17N5O2S/c1-9-11(10(2)20-15-9)8-17-3-5-18(6-4-17)13(19)12-7-14-16-21-12/h7H,3-6,8H2,1-2H3. The summed E-state index contributed by atoms with van der Waals surface area (Å²) in [4.78, 5) is 17.0. The molecule has 21 heavy (non-hydrogen) atoms. The Bertz CT molecular complexity index is 597. The van der Waals surface area contributed by atoms with Gasteiger partial charge in [-0.3, -0.25) is 9.69 Å². The zero-order chi connectivity index (χ0) is 14.8. The summed E-state index contributed by atoms with van der Waals surface area (Å²) in [6.45, 7) is 7.86. The molecule has 0 aliphatic carbocycles. The van der Waals surface area contributed by atoms with Crippen molar-refractivity contribution in [3.8, 4) is 0 Å². The third kappa shape index (κ3) is 2.96. The summed E-state index contributed by atoms with van der Waals surface area (Å²) >= 11 is 1.15. The van der Waals surface area contributed by atoms with E-state index in [1.807, 2.05) is 18.7 Å². The van der Waals surface area contributed by atoms with Crippen molar-refractivity contribution in [3.05, 3.63) is 28.1 Å². The third-order valence-corrected chi connectivity index (χ3v) is 4.45. The molecule has 0 bridgehead atoms. The van der Waals surface area contributed by atoms with Gasteiger partial charge in [0.15, 0.2) is 0 Å². The summed E-state index contributed by atoms with van der Waals surface area (Å²) in [7, 11) is 0. The fourth-order valence-corrected chi connectivity index (χ4v) is 2.96. The number of carbonyl (C=O) groups is 1. The van der Waals surface area contributed by atoms with Crippen molar-refractivity contribution in [1.82, 2.24) is 24.5 Å². The van der Waals surface area contributed by atoms with Gasteiger partial charge in [-0.25, -0.2) is 0 Å². The number of nitrogens with zero attached hydrogens (tertiary/aromatic N) is 5. The van der Waals surface area contributed by atoms with Gasteiger partial charge in [0.2, 0.25) is 0 Å². The topological polar surface area (TPSA) is 75.4 Å². The minimum atomic E-state index is 0.0296. The Morgan fingerprint density at radius 2 is 2.10 bits per heavy atom. The molecular formula is C13H17N5O2S. The molecule has 0 saturated carbocycles. The second-order valence-corrected chi connectivity index (χ2v) is 5.94. The molecule has 0 N–H and O–H groups in total. The number of amides is 1. The van der Waals surface area contributed by atoms with Crippen LogP contribution in [0, 0.1) is 13.8 Å². The van der Waals surface area contributed by atoms with Crippen molar-refractivity contribution >= 4 is 17.4 Å². The summed E-state index contributed by atoms with van der Waals surface area (Å²) in [6, 6.07) is 0. The zero-order valence-corrected chi connectivity index (χ0v) is 12.9. The Labute approximate surface area is 126 Å². The largest absolute Gasteiger partial charge is 0.361 e. The van der Waals surface area contributed by atoms with E-state index in [2.05, 4.69) is 19.6 Å². The molecule has 2 aromatic heterocycles. The number of hydrogen-bond donors (Lipinski definition) is 0. The quantitative estimate of drug-likeness (QED) is 0.845. The van der Waals surface area contributed by atoms with E-state index in [1.54, 1.807) is 0 Å². The fraction of sp³-hybridized carbons (Fsp3) is 0.538. The first-order chi connectivity index (χ1) is 10.1. The minimum absolute atomic E-state index is 0.0296. The predicted octanol–water partition coefficient (Wildman–Crippen LogP) is 1.10. The van der Waals surface area contributed by atoms with E-state index >= 15 is 0 Å². The summed E-state index contributed by atoms with van der Waals surface area (Å²) in [5.74, 6) is 0.906. The fourth-order valence-electron chi connectivity index (χ4n) is 2.48. The average molecular weight is 307 g/mol. The Hall–Kier alpha value is -1.80. The highest BCUT2D eigenvalue weighted by atomic mass is 32.1. The van der Waals surface area contributed by atoms with Gasteiger partial charge in [-0.15, -0.1) is 5.10 Å². The van der Waals surface area contributed by atoms with E-state index in [9.17, 15) is 4.79 Å². The summed E-state index contributed by atoms with van der Waals surface area (Å²) in [5, 5.41) is 7.70. The van der Waals surface area contributed by atoms with Crippen LogP contribution in [0.4, 0.5) is 0 Å². The molecule has 3 rings (SSSR count). The number of aryl methyl sites for hydroxylation is 2. The Balaban J connectivity index is 1.57. The van der Waals surface area contributed by atoms with Crippen LogP contribution in [0.3, 0.4) is 0 Å². The zero-order valence-electron chi connectivity index (χ0n) is 12.1. The van der Waals surface area contributed by atoms with Gasteiger partial charge in [0.05, 0.1) is 11.9 Å². The normalized spacial score (nSPS) is 16.4. The van der Waals surface area contributed by atoms with Crippen LogP contribution < -0.4 is 0 Å². The molecule has 2 aromatic rings. The van der Waals surface area contributed by atoms with Crippen LogP contribution in [0.1, 0.15) is 26.7 Å². The van der Waals surface area contributed by atoms with Crippen molar-refractivity contribution in [2.24, 2.45) is 0 Å². The molecule has 0 aromatic carbocycles. The molecule has 7 nitrogen and oxygen atoms in total. The van der Waals surface area contributed by atoms with Crippen molar-refractivity contribution in [2.75, 3.05) is 26.2 Å². The molecular weight excluding hydrogens is 290 g/mol. The number of carbonyl (C=O) groups excluding carboxylic acids is 1. The first-order valence-corrected chi connectivity index (χ1v) is 7.63. The van der Waals surface area contributed by atoms with Gasteiger partial charge in [0.1, 0.15) is 10.6 Å². The third-order valence-electron chi connectivity index (χ3n) is 3.79. The van der Waals surface area contributed by atoms with Gasteiger partial charge in [-0.05, 0) is 25.4 Å². The van der Waals surface area contributed by atoms with E-state index in [1.165, 1.54) is 6.20 Å². The molecule has 0 unspecified atom stereocenters. The molecule has 112 valence electrons. The van der Waals surface area contributed by atoms with E-state index in [4.69, 9.17) is 4.52 Å². The second kappa shape index (κ2) is 5.90. The highest BCUT2D eigenvalue weighted by Gasteiger charge is 2.24. The highest BCUT2D eigenvalue weighted by Crippen LogP contribution is 2.17. The van der Waals surface area contributed by atoms with E-state index < -0.39 is 0 Å². The molecule has 3 heterocycles. The Kier molecular flexibility index (Phi) is 3.98. The average Bonchev–Trinajstić information content (AvgIpc) is 3.13. The molecule has 8 heteroatoms. The summed E-state index contributed by atoms with van der Waals surface area (Å²) in [6.07, 6.45) is 1.53. The van der Waals surface area contributed by atoms with Crippen LogP contribution >= 0.6 is 11.5 Å². The smallest absolute Gasteiger partial charge is 0.267 e. The van der Waals surface area contributed by atoms with Gasteiger partial charge in [0.25, 0.3) is 5.91 Å². The molecule has 1 saturated heterocycles. The van der Waals surface area contributed by atoms with Crippen LogP contribution in [0.5, 0.6) is 0 Å². The van der Waals surface area contributed by atoms with Gasteiger partial charge in [-0.1, -0.05) is 9.64 Å². The number of aromatic nitrogens is 3. The molecule has 1 amide bonds. The van der Waals surface area contributed by atoms with Crippen molar-refractivity contribution in [3.63, 3.8) is 0 Å². The first kappa shape index (κ1) is 14.2. The van der Waals surface area contributed by atoms with Crippen molar-refractivity contribution in [2.45, 2.75) is 20.4 Å². The first-order valence-electron chi connectivity index (χ1n) is 6.86. The number of piperazine rings is 1. The second-order valence-electron chi connectivity index (χ2n) is 5.15. The molecule has 0 radical (unpaired) electrons. The Morgan fingerprint density at radius 3 is 2.67 bits per heavy atom. The lowest BCUT2D eigenvalue weighted by molar-refractivity contribution is 0.0632. The van der Waals surface area contributed by atoms with E-state index in [0.29, 0.717) is 4.88 Å². The molecule has 1 fully saturated rings. The number of hydrogen-bond acceptors (Lipinski definition) is 7. The van der Waals surface area contributed by atoms with Crippen molar-refractivity contribution < 1.29 is 9.32 Å². The maximum Gasteiger partial charge on any atom is 0.267 e. The van der Waals surface area contributed by atoms with Gasteiger partial charge in [-0.2, -0.15) is 0 Å². The summed E-state index contributed by atoms with van der Waals surface area (Å²) < 4.78 is 8.93. The predicted molar refractivity (Wildman–Crippen MR) is 77.1 cm³/mol. The highest BCUT2D eigenvalue weighted by molar-refractivity contribution is 7.07. The van der Waals surface area contributed by atoms with Gasteiger partial charge in [0, 0.05) is 38.3 Å². The lowest BCUT2D eigenvalue weighted by atomic mass is 10.2. The molecule has 1 aliphatic rings. The maximum absolute atomic E-state index is 12.2. The van der Waals surface area contributed by atoms with E-state index in [0.717, 1.165) is 61.3 Å². The summed E-state index contributed by atoms with van der Waals surface area (Å²) in [5.41, 5.74) is 2.10. The monoisotopic (exact) mass is 307 g/mol. The minimum Gasteiger partial charge on any atom is -0.361 e. The molecule has 1 aliphatic heterocycles. The van der Waals surface area contributed by atoms with Gasteiger partial charge < -0.3 is 9.42 Å². The van der Waals surface area contributed by atoms with Crippen molar-refractivity contribution in [1.29, 1.82) is 0 Å². The van der Waals surface area contributed by atoms with Crippen LogP contribution in [0.15, 0.2) is 10.7 Å². The van der Waals surface area contributed by atoms with Gasteiger partial charge >= 0.3 is 0 Å². The Morgan fingerprint density at radius 1 is 1.33 bits per heavy atom. The van der Waals surface area contributed by atoms with Crippen LogP contribution in [0.2, 0.25) is 0 Å².